The van der Waals surface area contributed by atoms with Crippen LogP contribution in [0.25, 0.3) is 10.9 Å². The molecule has 1 aromatic carbocycles. The van der Waals surface area contributed by atoms with E-state index in [1.807, 2.05) is 12.1 Å². The summed E-state index contributed by atoms with van der Waals surface area (Å²) >= 11 is 0. The molecule has 0 radical (unpaired) electrons. The molecule has 0 amide bonds. The van der Waals surface area contributed by atoms with Gasteiger partial charge in [-0.25, -0.2) is 9.97 Å². The second-order valence-corrected chi connectivity index (χ2v) is 6.95. The minimum Gasteiger partial charge on any atom is -0.497 e. The highest BCUT2D eigenvalue weighted by Crippen LogP contribution is 2.30. The molecule has 0 saturated carbocycles. The normalized spacial score (nSPS) is 15.0. The molecule has 0 bridgehead atoms. The van der Waals surface area contributed by atoms with Gasteiger partial charge < -0.3 is 9.30 Å². The lowest BCUT2D eigenvalue weighted by Crippen LogP contribution is -2.31. The Morgan fingerprint density at radius 2 is 2.07 bits per heavy atom. The third-order valence-corrected chi connectivity index (χ3v) is 5.17. The number of methoxy groups -OCH3 is 1. The smallest absolute Gasteiger partial charge is 0.451 e. The van der Waals surface area contributed by atoms with Crippen molar-refractivity contribution < 1.29 is 17.9 Å². The van der Waals surface area contributed by atoms with Gasteiger partial charge in [-0.1, -0.05) is 0 Å². The van der Waals surface area contributed by atoms with Crippen LogP contribution in [-0.2, 0) is 32.2 Å². The summed E-state index contributed by atoms with van der Waals surface area (Å²) in [5, 5.41) is 1.13. The van der Waals surface area contributed by atoms with Crippen molar-refractivity contribution in [1.29, 1.82) is 0 Å². The van der Waals surface area contributed by atoms with Gasteiger partial charge in [0.1, 0.15) is 5.75 Å². The first-order valence-corrected chi connectivity index (χ1v) is 9.19. The van der Waals surface area contributed by atoms with Crippen LogP contribution in [-0.4, -0.2) is 33.1 Å². The molecule has 28 heavy (non-hydrogen) atoms. The summed E-state index contributed by atoms with van der Waals surface area (Å²) in [6.45, 7) is 4.86. The van der Waals surface area contributed by atoms with Gasteiger partial charge in [-0.2, -0.15) is 13.2 Å². The van der Waals surface area contributed by atoms with Crippen LogP contribution >= 0.6 is 0 Å². The molecule has 0 atom stereocenters. The summed E-state index contributed by atoms with van der Waals surface area (Å²) in [6, 6.07) is 6.04. The maximum atomic E-state index is 12.8. The highest BCUT2D eigenvalue weighted by atomic mass is 19.4. The first kappa shape index (κ1) is 18.7. The molecule has 0 spiro atoms. The van der Waals surface area contributed by atoms with Gasteiger partial charge in [0.05, 0.1) is 12.8 Å². The Bertz CT molecular complexity index is 1010. The van der Waals surface area contributed by atoms with E-state index < -0.39 is 12.0 Å². The first-order valence-electron chi connectivity index (χ1n) is 9.19. The van der Waals surface area contributed by atoms with E-state index in [1.165, 1.54) is 11.8 Å². The van der Waals surface area contributed by atoms with E-state index in [4.69, 9.17) is 4.74 Å². The Kier molecular flexibility index (Phi) is 4.74. The highest BCUT2D eigenvalue weighted by molar-refractivity contribution is 5.85. The van der Waals surface area contributed by atoms with Gasteiger partial charge in [-0.05, 0) is 30.7 Å². The van der Waals surface area contributed by atoms with E-state index in [9.17, 15) is 13.2 Å². The van der Waals surface area contributed by atoms with Gasteiger partial charge in [0.15, 0.2) is 0 Å². The predicted molar refractivity (Wildman–Crippen MR) is 99.0 cm³/mol. The Morgan fingerprint density at radius 3 is 2.79 bits per heavy atom. The lowest BCUT2D eigenvalue weighted by atomic mass is 10.1. The van der Waals surface area contributed by atoms with E-state index in [0.717, 1.165) is 28.8 Å². The minimum absolute atomic E-state index is 0.483. The number of hydrogen-bond donors (Lipinski definition) is 0. The molecule has 2 aromatic heterocycles. The number of aromatic nitrogens is 3. The number of benzene rings is 1. The van der Waals surface area contributed by atoms with Crippen molar-refractivity contribution in [2.45, 2.75) is 39.2 Å². The van der Waals surface area contributed by atoms with Gasteiger partial charge >= 0.3 is 6.18 Å². The summed E-state index contributed by atoms with van der Waals surface area (Å²) in [7, 11) is 1.65. The summed E-state index contributed by atoms with van der Waals surface area (Å²) in [6.07, 6.45) is -0.567. The van der Waals surface area contributed by atoms with Gasteiger partial charge in [-0.3, -0.25) is 4.90 Å². The molecule has 148 valence electrons. The predicted octanol–water partition coefficient (Wildman–Crippen LogP) is 4.04. The lowest BCUT2D eigenvalue weighted by molar-refractivity contribution is -0.145. The number of rotatable bonds is 4. The molecular weight excluding hydrogens is 369 g/mol. The molecule has 0 unspecified atom stereocenters. The molecule has 3 aromatic rings. The van der Waals surface area contributed by atoms with Crippen molar-refractivity contribution in [3.8, 4) is 5.75 Å². The average molecular weight is 390 g/mol. The van der Waals surface area contributed by atoms with Crippen LogP contribution in [0.5, 0.6) is 5.75 Å². The molecule has 4 rings (SSSR count). The van der Waals surface area contributed by atoms with Crippen molar-refractivity contribution in [2.75, 3.05) is 13.7 Å². The minimum atomic E-state index is -4.51. The van der Waals surface area contributed by atoms with Crippen LogP contribution in [0.3, 0.4) is 0 Å². The maximum absolute atomic E-state index is 12.8. The summed E-state index contributed by atoms with van der Waals surface area (Å²) in [5.41, 5.74) is 3.58. The highest BCUT2D eigenvalue weighted by Gasteiger charge is 2.35. The molecule has 0 N–H and O–H groups in total. The molecule has 8 heteroatoms. The van der Waals surface area contributed by atoms with E-state index >= 15 is 0 Å². The zero-order valence-electron chi connectivity index (χ0n) is 15.8. The number of halogens is 3. The van der Waals surface area contributed by atoms with E-state index in [2.05, 4.69) is 38.6 Å². The van der Waals surface area contributed by atoms with Crippen LogP contribution < -0.4 is 4.74 Å². The quantitative estimate of drug-likeness (QED) is 0.675. The fourth-order valence-corrected chi connectivity index (χ4v) is 3.75. The number of fused-ring (bicyclic) bond motifs is 2. The zero-order chi connectivity index (χ0) is 19.9. The summed E-state index contributed by atoms with van der Waals surface area (Å²) < 4.78 is 46.0. The molecule has 3 heterocycles. The van der Waals surface area contributed by atoms with Gasteiger partial charge in [0, 0.05) is 61.5 Å². The van der Waals surface area contributed by atoms with Gasteiger partial charge in [0.2, 0.25) is 5.82 Å². The Hall–Kier alpha value is -2.61. The molecular formula is C20H21F3N4O. The monoisotopic (exact) mass is 390 g/mol. The van der Waals surface area contributed by atoms with Crippen molar-refractivity contribution >= 4 is 10.9 Å². The van der Waals surface area contributed by atoms with Crippen molar-refractivity contribution in [1.82, 2.24) is 19.4 Å². The zero-order valence-corrected chi connectivity index (χ0v) is 15.8. The number of aryl methyl sites for hydroxylation is 1. The molecule has 5 nitrogen and oxygen atoms in total. The SMILES string of the molecule is CCn1cc(CN2CCc3nc(C(F)(F)F)ncc3C2)c2cc(OC)ccc21. The summed E-state index contributed by atoms with van der Waals surface area (Å²) in [5.74, 6) is -0.252. The third kappa shape index (κ3) is 3.44. The molecule has 0 saturated heterocycles. The number of ether oxygens (including phenoxy) is 1. The fraction of sp³-hybridized carbons (Fsp3) is 0.400. The van der Waals surface area contributed by atoms with Gasteiger partial charge in [0.25, 0.3) is 0 Å². The summed E-state index contributed by atoms with van der Waals surface area (Å²) in [4.78, 5) is 9.46. The van der Waals surface area contributed by atoms with Crippen molar-refractivity contribution in [3.05, 3.63) is 53.2 Å². The van der Waals surface area contributed by atoms with Crippen LogP contribution in [0.4, 0.5) is 13.2 Å². The Morgan fingerprint density at radius 1 is 1.25 bits per heavy atom. The number of hydrogen-bond acceptors (Lipinski definition) is 4. The first-order chi connectivity index (χ1) is 13.4. The maximum Gasteiger partial charge on any atom is 0.451 e. The van der Waals surface area contributed by atoms with E-state index in [0.29, 0.717) is 31.7 Å². The van der Waals surface area contributed by atoms with Crippen LogP contribution in [0.2, 0.25) is 0 Å². The van der Waals surface area contributed by atoms with Crippen LogP contribution in [0, 0.1) is 0 Å². The van der Waals surface area contributed by atoms with E-state index in [-0.39, 0.29) is 0 Å². The van der Waals surface area contributed by atoms with Crippen LogP contribution in [0.1, 0.15) is 29.6 Å². The topological polar surface area (TPSA) is 43.2 Å². The number of alkyl halides is 3. The Labute approximate surface area is 160 Å². The van der Waals surface area contributed by atoms with Gasteiger partial charge in [-0.15, -0.1) is 0 Å². The van der Waals surface area contributed by atoms with E-state index in [1.54, 1.807) is 7.11 Å². The molecule has 1 aliphatic rings. The van der Waals surface area contributed by atoms with Crippen molar-refractivity contribution in [3.63, 3.8) is 0 Å². The second-order valence-electron chi connectivity index (χ2n) is 6.95. The Balaban J connectivity index is 1.59. The largest absolute Gasteiger partial charge is 0.497 e. The second kappa shape index (κ2) is 7.09. The molecule has 0 fully saturated rings. The van der Waals surface area contributed by atoms with Crippen molar-refractivity contribution in [2.24, 2.45) is 0 Å². The molecule has 1 aliphatic heterocycles. The van der Waals surface area contributed by atoms with Crippen LogP contribution in [0.15, 0.2) is 30.6 Å². The third-order valence-electron chi connectivity index (χ3n) is 5.17. The standard InChI is InChI=1S/C20H21F3N4O/c1-3-27-12-14(16-8-15(28-2)4-5-18(16)27)11-26-7-6-17-13(10-26)9-24-19(25-17)20(21,22)23/h4-5,8-9,12H,3,6-7,10-11H2,1-2H3. The average Bonchev–Trinajstić information content (AvgIpc) is 3.03. The number of nitrogens with zero attached hydrogens (tertiary/aromatic N) is 4. The molecule has 0 aliphatic carbocycles. The lowest BCUT2D eigenvalue weighted by Gasteiger charge is -2.28. The fourth-order valence-electron chi connectivity index (χ4n) is 3.75.